The zero-order valence-electron chi connectivity index (χ0n) is 12.1. The van der Waals surface area contributed by atoms with Gasteiger partial charge in [0.05, 0.1) is 17.2 Å². The summed E-state index contributed by atoms with van der Waals surface area (Å²) in [5.41, 5.74) is 2.82. The van der Waals surface area contributed by atoms with Crippen molar-refractivity contribution >= 4 is 22.6 Å². The number of carbonyl (C=O) groups is 1. The van der Waals surface area contributed by atoms with Crippen LogP contribution < -0.4 is 10.9 Å². The van der Waals surface area contributed by atoms with Crippen molar-refractivity contribution in [1.82, 2.24) is 9.55 Å². The van der Waals surface area contributed by atoms with Gasteiger partial charge in [0.15, 0.2) is 0 Å². The van der Waals surface area contributed by atoms with E-state index in [1.807, 2.05) is 49.4 Å². The summed E-state index contributed by atoms with van der Waals surface area (Å²) >= 11 is 0. The molecule has 1 N–H and O–H groups in total. The van der Waals surface area contributed by atoms with E-state index < -0.39 is 0 Å². The Kier molecular flexibility index (Phi) is 3.70. The van der Waals surface area contributed by atoms with Gasteiger partial charge in [-0.25, -0.2) is 4.98 Å². The molecule has 0 fully saturated rings. The second kappa shape index (κ2) is 5.81. The topological polar surface area (TPSA) is 64.0 Å². The highest BCUT2D eigenvalue weighted by Gasteiger charge is 2.09. The van der Waals surface area contributed by atoms with Gasteiger partial charge in [-0.2, -0.15) is 0 Å². The summed E-state index contributed by atoms with van der Waals surface area (Å²) in [6, 6.07) is 14.8. The highest BCUT2D eigenvalue weighted by Crippen LogP contribution is 2.11. The number of fused-ring (bicyclic) bond motifs is 1. The van der Waals surface area contributed by atoms with Crippen molar-refractivity contribution < 1.29 is 4.79 Å². The molecule has 0 atom stereocenters. The Labute approximate surface area is 127 Å². The van der Waals surface area contributed by atoms with Gasteiger partial charge in [0.25, 0.3) is 5.56 Å². The molecule has 22 heavy (non-hydrogen) atoms. The maximum Gasteiger partial charge on any atom is 0.269 e. The molecule has 1 amide bonds. The number of anilines is 1. The fraction of sp³-hybridized carbons (Fsp3) is 0.118. The molecule has 0 aliphatic rings. The Bertz CT molecular complexity index is 900. The number of nitrogens with zero attached hydrogens (tertiary/aromatic N) is 2. The molecule has 5 heteroatoms. The van der Waals surface area contributed by atoms with Crippen LogP contribution in [0.4, 0.5) is 5.69 Å². The molecule has 0 unspecified atom stereocenters. The number of carbonyl (C=O) groups excluding carboxylic acids is 1. The van der Waals surface area contributed by atoms with Crippen LogP contribution in [-0.2, 0) is 11.3 Å². The molecule has 0 saturated heterocycles. The molecule has 0 aliphatic carbocycles. The quantitative estimate of drug-likeness (QED) is 0.806. The molecule has 2 aromatic carbocycles. The smallest absolute Gasteiger partial charge is 0.269 e. The SMILES string of the molecule is Cc1cccc(NC(=O)Cn2c(=O)cnc3ccccc32)c1. The lowest BCUT2D eigenvalue weighted by Gasteiger charge is -2.10. The molecule has 3 rings (SSSR count). The Morgan fingerprint density at radius 2 is 2.00 bits per heavy atom. The van der Waals surface area contributed by atoms with Crippen molar-refractivity contribution in [3.63, 3.8) is 0 Å². The van der Waals surface area contributed by atoms with Crippen LogP contribution in [0.1, 0.15) is 5.56 Å². The van der Waals surface area contributed by atoms with Gasteiger partial charge < -0.3 is 5.32 Å². The molecule has 0 saturated carbocycles. The fourth-order valence-electron chi connectivity index (χ4n) is 2.34. The molecule has 5 nitrogen and oxygen atoms in total. The lowest BCUT2D eigenvalue weighted by atomic mass is 10.2. The van der Waals surface area contributed by atoms with Crippen molar-refractivity contribution in [2.75, 3.05) is 5.32 Å². The first kappa shape index (κ1) is 14.0. The predicted molar refractivity (Wildman–Crippen MR) is 85.8 cm³/mol. The summed E-state index contributed by atoms with van der Waals surface area (Å²) in [5.74, 6) is -0.246. The van der Waals surface area contributed by atoms with Gasteiger partial charge in [0, 0.05) is 5.69 Å². The number of benzene rings is 2. The van der Waals surface area contributed by atoms with Crippen molar-refractivity contribution in [3.8, 4) is 0 Å². The van der Waals surface area contributed by atoms with Crippen LogP contribution in [0.3, 0.4) is 0 Å². The Morgan fingerprint density at radius 3 is 2.82 bits per heavy atom. The second-order valence-corrected chi connectivity index (χ2v) is 5.09. The van der Waals surface area contributed by atoms with E-state index in [1.165, 1.54) is 10.8 Å². The highest BCUT2D eigenvalue weighted by molar-refractivity contribution is 5.91. The maximum absolute atomic E-state index is 12.2. The first-order valence-corrected chi connectivity index (χ1v) is 6.94. The molecular formula is C17H15N3O2. The standard InChI is InChI=1S/C17H15N3O2/c1-12-5-4-6-13(9-12)19-16(21)11-20-15-8-3-2-7-14(15)18-10-17(20)22/h2-10H,11H2,1H3,(H,19,21). The van der Waals surface area contributed by atoms with Gasteiger partial charge in [0.1, 0.15) is 6.54 Å². The summed E-state index contributed by atoms with van der Waals surface area (Å²) in [5, 5.41) is 2.80. The van der Waals surface area contributed by atoms with Crippen molar-refractivity contribution in [3.05, 3.63) is 70.6 Å². The van der Waals surface area contributed by atoms with Crippen LogP contribution in [-0.4, -0.2) is 15.5 Å². The lowest BCUT2D eigenvalue weighted by molar-refractivity contribution is -0.116. The number of hydrogen-bond acceptors (Lipinski definition) is 3. The van der Waals surface area contributed by atoms with Crippen LogP contribution >= 0.6 is 0 Å². The fourth-order valence-corrected chi connectivity index (χ4v) is 2.34. The highest BCUT2D eigenvalue weighted by atomic mass is 16.2. The molecule has 0 bridgehead atoms. The van der Waals surface area contributed by atoms with Crippen LogP contribution in [0.2, 0.25) is 0 Å². The van der Waals surface area contributed by atoms with E-state index in [2.05, 4.69) is 10.3 Å². The molecule has 3 aromatic rings. The van der Waals surface area contributed by atoms with Crippen molar-refractivity contribution in [2.24, 2.45) is 0 Å². The first-order valence-electron chi connectivity index (χ1n) is 6.94. The molecule has 110 valence electrons. The average molecular weight is 293 g/mol. The average Bonchev–Trinajstić information content (AvgIpc) is 2.50. The number of para-hydroxylation sites is 2. The third-order valence-corrected chi connectivity index (χ3v) is 3.36. The minimum absolute atomic E-state index is 0.0458. The third-order valence-electron chi connectivity index (χ3n) is 3.36. The van der Waals surface area contributed by atoms with Gasteiger partial charge in [-0.05, 0) is 36.8 Å². The molecule has 0 aliphatic heterocycles. The van der Waals surface area contributed by atoms with E-state index in [4.69, 9.17) is 0 Å². The zero-order valence-corrected chi connectivity index (χ0v) is 12.1. The normalized spacial score (nSPS) is 10.6. The van der Waals surface area contributed by atoms with E-state index in [1.54, 1.807) is 6.07 Å². The number of rotatable bonds is 3. The Morgan fingerprint density at radius 1 is 1.18 bits per heavy atom. The van der Waals surface area contributed by atoms with Gasteiger partial charge >= 0.3 is 0 Å². The third kappa shape index (κ3) is 2.88. The van der Waals surface area contributed by atoms with Gasteiger partial charge in [-0.15, -0.1) is 0 Å². The van der Waals surface area contributed by atoms with Gasteiger partial charge in [0.2, 0.25) is 5.91 Å². The summed E-state index contributed by atoms with van der Waals surface area (Å²) in [4.78, 5) is 28.3. The molecule has 1 aromatic heterocycles. The minimum atomic E-state index is -0.293. The molecule has 0 spiro atoms. The van der Waals surface area contributed by atoms with E-state index in [0.717, 1.165) is 11.3 Å². The number of aryl methyl sites for hydroxylation is 1. The second-order valence-electron chi connectivity index (χ2n) is 5.09. The summed E-state index contributed by atoms with van der Waals surface area (Å²) in [6.07, 6.45) is 1.24. The van der Waals surface area contributed by atoms with E-state index in [0.29, 0.717) is 11.0 Å². The monoisotopic (exact) mass is 293 g/mol. The van der Waals surface area contributed by atoms with Crippen molar-refractivity contribution in [2.45, 2.75) is 13.5 Å². The minimum Gasteiger partial charge on any atom is -0.325 e. The maximum atomic E-state index is 12.2. The molecular weight excluding hydrogens is 278 g/mol. The van der Waals surface area contributed by atoms with Gasteiger partial charge in [-0.1, -0.05) is 24.3 Å². The molecule has 1 heterocycles. The summed E-state index contributed by atoms with van der Waals surface area (Å²) < 4.78 is 1.42. The van der Waals surface area contributed by atoms with Crippen LogP contribution in [0.5, 0.6) is 0 Å². The number of amides is 1. The van der Waals surface area contributed by atoms with Crippen molar-refractivity contribution in [1.29, 1.82) is 0 Å². The van der Waals surface area contributed by atoms with E-state index in [9.17, 15) is 9.59 Å². The zero-order chi connectivity index (χ0) is 15.5. The van der Waals surface area contributed by atoms with Gasteiger partial charge in [-0.3, -0.25) is 14.2 Å². The Hall–Kier alpha value is -2.95. The van der Waals surface area contributed by atoms with Crippen LogP contribution in [0, 0.1) is 6.92 Å². The van der Waals surface area contributed by atoms with Crippen LogP contribution in [0.15, 0.2) is 59.5 Å². The summed E-state index contributed by atoms with van der Waals surface area (Å²) in [6.45, 7) is 1.91. The summed E-state index contributed by atoms with van der Waals surface area (Å²) in [7, 11) is 0. The first-order chi connectivity index (χ1) is 10.6. The largest absolute Gasteiger partial charge is 0.325 e. The van der Waals surface area contributed by atoms with Crippen LogP contribution in [0.25, 0.3) is 11.0 Å². The Balaban J connectivity index is 1.88. The number of aromatic nitrogens is 2. The van der Waals surface area contributed by atoms with E-state index in [-0.39, 0.29) is 18.0 Å². The number of nitrogens with one attached hydrogen (secondary N) is 1. The molecule has 0 radical (unpaired) electrons. The van der Waals surface area contributed by atoms with E-state index >= 15 is 0 Å². The number of hydrogen-bond donors (Lipinski definition) is 1. The predicted octanol–water partition coefficient (Wildman–Crippen LogP) is 2.34. The lowest BCUT2D eigenvalue weighted by Crippen LogP contribution is -2.27.